The number of anilines is 1. The molecule has 1 heterocycles. The zero-order chi connectivity index (χ0) is 20.7. The number of aromatic nitrogens is 1. The monoisotopic (exact) mass is 381 g/mol. The van der Waals surface area contributed by atoms with E-state index in [0.29, 0.717) is 24.3 Å². The fourth-order valence-electron chi connectivity index (χ4n) is 3.15. The normalized spacial score (nSPS) is 11.2. The first-order chi connectivity index (χ1) is 13.3. The van der Waals surface area contributed by atoms with Gasteiger partial charge < -0.3 is 10.2 Å². The second kappa shape index (κ2) is 9.49. The highest BCUT2D eigenvalue weighted by Gasteiger charge is 2.20. The van der Waals surface area contributed by atoms with Crippen molar-refractivity contribution in [3.63, 3.8) is 0 Å². The van der Waals surface area contributed by atoms with Crippen molar-refractivity contribution in [2.75, 3.05) is 18.4 Å². The first-order valence-electron chi connectivity index (χ1n) is 9.94. The summed E-state index contributed by atoms with van der Waals surface area (Å²) in [6.45, 7) is 11.8. The Morgan fingerprint density at radius 1 is 1.04 bits per heavy atom. The number of rotatable bonds is 7. The van der Waals surface area contributed by atoms with E-state index in [1.807, 2.05) is 38.1 Å². The molecule has 0 aliphatic carbocycles. The topological polar surface area (TPSA) is 62.3 Å². The number of para-hydroxylation sites is 1. The number of hydrogen-bond acceptors (Lipinski definition) is 3. The molecule has 1 N–H and O–H groups in total. The quantitative estimate of drug-likeness (QED) is 0.742. The van der Waals surface area contributed by atoms with Gasteiger partial charge in [0.05, 0.1) is 0 Å². The van der Waals surface area contributed by atoms with Gasteiger partial charge in [-0.1, -0.05) is 52.8 Å². The molecule has 0 spiro atoms. The molecule has 28 heavy (non-hydrogen) atoms. The zero-order valence-electron chi connectivity index (χ0n) is 17.6. The lowest BCUT2D eigenvalue weighted by Gasteiger charge is -2.23. The zero-order valence-corrected chi connectivity index (χ0v) is 17.6. The number of nitrogens with one attached hydrogen (secondary N) is 1. The Hall–Kier alpha value is -2.69. The van der Waals surface area contributed by atoms with Gasteiger partial charge in [0, 0.05) is 30.5 Å². The molecule has 5 heteroatoms. The summed E-state index contributed by atoms with van der Waals surface area (Å²) in [6, 6.07) is 11.0. The highest BCUT2D eigenvalue weighted by molar-refractivity contribution is 6.06. The van der Waals surface area contributed by atoms with E-state index in [-0.39, 0.29) is 17.2 Å². The van der Waals surface area contributed by atoms with Gasteiger partial charge >= 0.3 is 0 Å². The lowest BCUT2D eigenvalue weighted by molar-refractivity contribution is 0.0749. The van der Waals surface area contributed by atoms with Crippen LogP contribution in [-0.4, -0.2) is 34.8 Å². The third-order valence-electron chi connectivity index (χ3n) is 4.50. The molecule has 2 rings (SSSR count). The fourth-order valence-corrected chi connectivity index (χ4v) is 3.15. The minimum Gasteiger partial charge on any atom is -0.337 e. The van der Waals surface area contributed by atoms with E-state index in [9.17, 15) is 9.59 Å². The van der Waals surface area contributed by atoms with E-state index < -0.39 is 0 Å². The largest absolute Gasteiger partial charge is 0.337 e. The maximum atomic E-state index is 12.8. The molecule has 1 aromatic heterocycles. The average molecular weight is 382 g/mol. The molecule has 0 saturated carbocycles. The van der Waals surface area contributed by atoms with Crippen molar-refractivity contribution in [2.45, 2.75) is 52.9 Å². The van der Waals surface area contributed by atoms with Crippen molar-refractivity contribution in [3.05, 3.63) is 59.4 Å². The van der Waals surface area contributed by atoms with Gasteiger partial charge in [0.15, 0.2) is 0 Å². The van der Waals surface area contributed by atoms with Gasteiger partial charge in [-0.25, -0.2) is 0 Å². The lowest BCUT2D eigenvalue weighted by Crippen LogP contribution is -2.33. The summed E-state index contributed by atoms with van der Waals surface area (Å²) in [6.07, 6.45) is 3.29. The Bertz CT molecular complexity index is 819. The number of carbonyl (C=O) groups excluding carboxylic acids is 2. The van der Waals surface area contributed by atoms with Crippen LogP contribution in [0.2, 0.25) is 0 Å². The summed E-state index contributed by atoms with van der Waals surface area (Å²) in [7, 11) is 0. The summed E-state index contributed by atoms with van der Waals surface area (Å²) in [5.74, 6) is -0.376. The van der Waals surface area contributed by atoms with Crippen LogP contribution in [0.1, 0.15) is 73.9 Å². The van der Waals surface area contributed by atoms with Gasteiger partial charge in [-0.05, 0) is 42.0 Å². The fraction of sp³-hybridized carbons (Fsp3) is 0.435. The number of nitrogens with zero attached hydrogens (tertiary/aromatic N) is 2. The van der Waals surface area contributed by atoms with Crippen molar-refractivity contribution < 1.29 is 9.59 Å². The molecule has 0 unspecified atom stereocenters. The first kappa shape index (κ1) is 21.6. The third-order valence-corrected chi connectivity index (χ3v) is 4.50. The molecule has 2 amide bonds. The summed E-state index contributed by atoms with van der Waals surface area (Å²) in [5.41, 5.74) is 2.48. The highest BCUT2D eigenvalue weighted by Crippen LogP contribution is 2.29. The Balaban J connectivity index is 2.25. The van der Waals surface area contributed by atoms with Crippen molar-refractivity contribution in [2.24, 2.45) is 0 Å². The number of hydrogen-bond donors (Lipinski definition) is 1. The molecule has 1 aromatic carbocycles. The summed E-state index contributed by atoms with van der Waals surface area (Å²) < 4.78 is 0. The number of pyridine rings is 1. The van der Waals surface area contributed by atoms with Crippen molar-refractivity contribution in [1.29, 1.82) is 0 Å². The van der Waals surface area contributed by atoms with Crippen LogP contribution in [0.4, 0.5) is 5.69 Å². The summed E-state index contributed by atoms with van der Waals surface area (Å²) >= 11 is 0. The predicted molar refractivity (Wildman–Crippen MR) is 114 cm³/mol. The second-order valence-electron chi connectivity index (χ2n) is 7.97. The van der Waals surface area contributed by atoms with Crippen molar-refractivity contribution >= 4 is 17.5 Å². The van der Waals surface area contributed by atoms with Crippen LogP contribution in [0, 0.1) is 0 Å². The predicted octanol–water partition coefficient (Wildman–Crippen LogP) is 4.89. The Morgan fingerprint density at radius 2 is 1.68 bits per heavy atom. The number of benzene rings is 1. The van der Waals surface area contributed by atoms with Gasteiger partial charge in [0.1, 0.15) is 5.69 Å². The second-order valence-corrected chi connectivity index (χ2v) is 7.97. The number of carbonyl (C=O) groups is 2. The van der Waals surface area contributed by atoms with Crippen molar-refractivity contribution in [3.8, 4) is 0 Å². The van der Waals surface area contributed by atoms with E-state index in [0.717, 1.165) is 24.1 Å². The van der Waals surface area contributed by atoms with Crippen LogP contribution in [0.5, 0.6) is 0 Å². The molecule has 2 aromatic rings. The molecule has 0 saturated heterocycles. The molecule has 0 radical (unpaired) electrons. The minimum atomic E-state index is -0.245. The molecule has 0 fully saturated rings. The molecule has 150 valence electrons. The Morgan fingerprint density at radius 3 is 2.29 bits per heavy atom. The molecular weight excluding hydrogens is 350 g/mol. The van der Waals surface area contributed by atoms with E-state index in [1.54, 1.807) is 17.0 Å². The minimum absolute atomic E-state index is 0.0932. The Kier molecular flexibility index (Phi) is 7.32. The Labute approximate surface area is 168 Å². The van der Waals surface area contributed by atoms with Crippen LogP contribution in [0.3, 0.4) is 0 Å². The van der Waals surface area contributed by atoms with Crippen molar-refractivity contribution in [1.82, 2.24) is 9.88 Å². The average Bonchev–Trinajstić information content (AvgIpc) is 2.67. The third kappa shape index (κ3) is 5.41. The van der Waals surface area contributed by atoms with Crippen LogP contribution in [-0.2, 0) is 5.41 Å². The SMILES string of the molecule is CCCN(CCC)C(=O)c1cc(C(=O)Nc2ccccc2C(C)(C)C)ccn1. The smallest absolute Gasteiger partial charge is 0.272 e. The van der Waals surface area contributed by atoms with Gasteiger partial charge in [-0.2, -0.15) is 0 Å². The maximum Gasteiger partial charge on any atom is 0.272 e. The van der Waals surface area contributed by atoms with Gasteiger partial charge in [-0.3, -0.25) is 14.6 Å². The number of amides is 2. The molecule has 0 aliphatic rings. The lowest BCUT2D eigenvalue weighted by atomic mass is 9.86. The van der Waals surface area contributed by atoms with Gasteiger partial charge in [0.25, 0.3) is 11.8 Å². The highest BCUT2D eigenvalue weighted by atomic mass is 16.2. The molecule has 0 atom stereocenters. The molecule has 0 bridgehead atoms. The summed E-state index contributed by atoms with van der Waals surface area (Å²) in [5, 5.41) is 2.99. The molecule has 5 nitrogen and oxygen atoms in total. The van der Waals surface area contributed by atoms with E-state index in [2.05, 4.69) is 31.1 Å². The van der Waals surface area contributed by atoms with Crippen LogP contribution >= 0.6 is 0 Å². The van der Waals surface area contributed by atoms with Crippen LogP contribution < -0.4 is 5.32 Å². The van der Waals surface area contributed by atoms with Crippen LogP contribution in [0.15, 0.2) is 42.6 Å². The van der Waals surface area contributed by atoms with Gasteiger partial charge in [-0.15, -0.1) is 0 Å². The van der Waals surface area contributed by atoms with Crippen LogP contribution in [0.25, 0.3) is 0 Å². The van der Waals surface area contributed by atoms with E-state index in [1.165, 1.54) is 6.20 Å². The van der Waals surface area contributed by atoms with Gasteiger partial charge in [0.2, 0.25) is 0 Å². The van der Waals surface area contributed by atoms with E-state index >= 15 is 0 Å². The molecular formula is C23H31N3O2. The van der Waals surface area contributed by atoms with E-state index in [4.69, 9.17) is 0 Å². The molecule has 0 aliphatic heterocycles. The first-order valence-corrected chi connectivity index (χ1v) is 9.94. The maximum absolute atomic E-state index is 12.8. The standard InChI is InChI=1S/C23H31N3O2/c1-6-14-26(15-7-2)22(28)20-16-17(12-13-24-20)21(27)25-19-11-9-8-10-18(19)23(3,4)5/h8-13,16H,6-7,14-15H2,1-5H3,(H,25,27). The summed E-state index contributed by atoms with van der Waals surface area (Å²) in [4.78, 5) is 31.6.